The molecule has 2 heterocycles. The molecule has 0 radical (unpaired) electrons. The van der Waals surface area contributed by atoms with Crippen molar-refractivity contribution in [1.29, 1.82) is 0 Å². The van der Waals surface area contributed by atoms with E-state index in [0.29, 0.717) is 5.88 Å². The fourth-order valence-corrected chi connectivity index (χ4v) is 3.30. The number of nitrogens with zero attached hydrogens (tertiary/aromatic N) is 3. The van der Waals surface area contributed by atoms with Crippen molar-refractivity contribution in [2.24, 2.45) is 7.05 Å². The molecular weight excluding hydrogens is 330 g/mol. The summed E-state index contributed by atoms with van der Waals surface area (Å²) in [5.74, 6) is 0.533. The lowest BCUT2D eigenvalue weighted by Crippen LogP contribution is -2.53. The molecule has 1 aromatic rings. The molecule has 0 spiro atoms. The Balaban J connectivity index is 2.14. The molecule has 0 saturated carbocycles. The average Bonchev–Trinajstić information content (AvgIpc) is 2.54. The van der Waals surface area contributed by atoms with E-state index in [1.54, 1.807) is 0 Å². The first-order valence-electron chi connectivity index (χ1n) is 6.46. The van der Waals surface area contributed by atoms with Crippen LogP contribution in [0.1, 0.15) is 25.2 Å². The number of rotatable bonds is 3. The van der Waals surface area contributed by atoms with Crippen LogP contribution < -0.4 is 0 Å². The molecule has 1 aliphatic rings. The van der Waals surface area contributed by atoms with Gasteiger partial charge >= 0.3 is 0 Å². The van der Waals surface area contributed by atoms with E-state index in [4.69, 9.17) is 16.3 Å². The summed E-state index contributed by atoms with van der Waals surface area (Å²) < 4.78 is 8.99. The molecule has 1 aromatic heterocycles. The highest BCUT2D eigenvalue weighted by molar-refractivity contribution is 9.10. The zero-order valence-electron chi connectivity index (χ0n) is 11.9. The Morgan fingerprint density at radius 2 is 2.21 bits per heavy atom. The summed E-state index contributed by atoms with van der Waals surface area (Å²) in [5.41, 5.74) is 2.07. The third-order valence-corrected chi connectivity index (χ3v) is 4.73. The maximum Gasteiger partial charge on any atom is 0.0845 e. The van der Waals surface area contributed by atoms with Crippen LogP contribution in [0.4, 0.5) is 0 Å². The van der Waals surface area contributed by atoms with Gasteiger partial charge in [0, 0.05) is 32.6 Å². The third kappa shape index (κ3) is 3.51. The van der Waals surface area contributed by atoms with Crippen LogP contribution in [-0.2, 0) is 18.3 Å². The second-order valence-electron chi connectivity index (χ2n) is 5.79. The van der Waals surface area contributed by atoms with Gasteiger partial charge in [0.05, 0.1) is 27.6 Å². The Hall–Kier alpha value is -0.100. The van der Waals surface area contributed by atoms with E-state index < -0.39 is 0 Å². The van der Waals surface area contributed by atoms with Crippen molar-refractivity contribution in [2.45, 2.75) is 39.0 Å². The van der Waals surface area contributed by atoms with Crippen molar-refractivity contribution in [3.05, 3.63) is 15.9 Å². The molecule has 0 aliphatic carbocycles. The number of aromatic nitrogens is 2. The maximum absolute atomic E-state index is 5.96. The number of aryl methyl sites for hydroxylation is 2. The molecule has 1 atom stereocenters. The van der Waals surface area contributed by atoms with Gasteiger partial charge in [-0.25, -0.2) is 0 Å². The second-order valence-corrected chi connectivity index (χ2v) is 6.89. The number of hydrogen-bond acceptors (Lipinski definition) is 3. The normalized spacial score (nSPS) is 23.8. The monoisotopic (exact) mass is 349 g/mol. The van der Waals surface area contributed by atoms with Gasteiger partial charge in [-0.05, 0) is 36.7 Å². The summed E-state index contributed by atoms with van der Waals surface area (Å²) >= 11 is 9.59. The maximum atomic E-state index is 5.96. The van der Waals surface area contributed by atoms with Crippen LogP contribution in [0.25, 0.3) is 0 Å². The molecule has 1 fully saturated rings. The van der Waals surface area contributed by atoms with Crippen molar-refractivity contribution >= 4 is 27.5 Å². The van der Waals surface area contributed by atoms with E-state index >= 15 is 0 Å². The van der Waals surface area contributed by atoms with Gasteiger partial charge in [-0.3, -0.25) is 9.58 Å². The fraction of sp³-hybridized carbons (Fsp3) is 0.769. The predicted octanol–water partition coefficient (Wildman–Crippen LogP) is 2.71. The molecule has 1 saturated heterocycles. The average molecular weight is 351 g/mol. The largest absolute Gasteiger partial charge is 0.368 e. The lowest BCUT2D eigenvalue weighted by molar-refractivity contribution is -0.129. The summed E-state index contributed by atoms with van der Waals surface area (Å²) in [5, 5.41) is 4.44. The first-order valence-corrected chi connectivity index (χ1v) is 7.79. The molecule has 4 nitrogen and oxygen atoms in total. The highest BCUT2D eigenvalue weighted by Gasteiger charge is 2.33. The Morgan fingerprint density at radius 3 is 2.74 bits per heavy atom. The van der Waals surface area contributed by atoms with E-state index in [9.17, 15) is 0 Å². The van der Waals surface area contributed by atoms with E-state index in [0.717, 1.165) is 29.8 Å². The van der Waals surface area contributed by atoms with E-state index in [1.807, 2.05) is 18.7 Å². The molecule has 1 aliphatic heterocycles. The van der Waals surface area contributed by atoms with Gasteiger partial charge < -0.3 is 4.74 Å². The van der Waals surface area contributed by atoms with E-state index in [1.165, 1.54) is 5.69 Å². The third-order valence-electron chi connectivity index (χ3n) is 3.36. The summed E-state index contributed by atoms with van der Waals surface area (Å²) in [6, 6.07) is 0. The topological polar surface area (TPSA) is 30.3 Å². The van der Waals surface area contributed by atoms with Gasteiger partial charge in [-0.2, -0.15) is 5.10 Å². The first-order chi connectivity index (χ1) is 8.82. The van der Waals surface area contributed by atoms with Gasteiger partial charge in [0.15, 0.2) is 0 Å². The predicted molar refractivity (Wildman–Crippen MR) is 80.6 cm³/mol. The van der Waals surface area contributed by atoms with Crippen LogP contribution in [0.2, 0.25) is 0 Å². The zero-order chi connectivity index (χ0) is 14.2. The number of ether oxygens (including phenoxy) is 1. The minimum atomic E-state index is -0.155. The summed E-state index contributed by atoms with van der Waals surface area (Å²) in [6.07, 6.45) is 0.0958. The molecule has 1 unspecified atom stereocenters. The van der Waals surface area contributed by atoms with Crippen molar-refractivity contribution < 1.29 is 4.74 Å². The SMILES string of the molecule is Cc1nn(C)c(CN2CC(CCl)OC(C)(C)C2)c1Br. The smallest absolute Gasteiger partial charge is 0.0845 e. The highest BCUT2D eigenvalue weighted by atomic mass is 79.9. The number of alkyl halides is 1. The molecule has 0 aromatic carbocycles. The van der Waals surface area contributed by atoms with Crippen LogP contribution in [-0.4, -0.2) is 45.4 Å². The Labute approximate surface area is 128 Å². The molecule has 6 heteroatoms. The number of hydrogen-bond donors (Lipinski definition) is 0. The lowest BCUT2D eigenvalue weighted by atomic mass is 10.1. The minimum Gasteiger partial charge on any atom is -0.368 e. The summed E-state index contributed by atoms with van der Waals surface area (Å²) in [6.45, 7) is 8.86. The van der Waals surface area contributed by atoms with Crippen molar-refractivity contribution in [3.8, 4) is 0 Å². The van der Waals surface area contributed by atoms with Crippen molar-refractivity contribution in [2.75, 3.05) is 19.0 Å². The van der Waals surface area contributed by atoms with Gasteiger partial charge in [0.1, 0.15) is 0 Å². The highest BCUT2D eigenvalue weighted by Crippen LogP contribution is 2.26. The summed E-state index contributed by atoms with van der Waals surface area (Å²) in [7, 11) is 1.98. The Kier molecular flexibility index (Phi) is 4.60. The molecule has 2 rings (SSSR count). The van der Waals surface area contributed by atoms with Crippen LogP contribution in [0.3, 0.4) is 0 Å². The van der Waals surface area contributed by atoms with Crippen molar-refractivity contribution in [3.63, 3.8) is 0 Å². The number of halogens is 2. The summed E-state index contributed by atoms with van der Waals surface area (Å²) in [4.78, 5) is 2.39. The Morgan fingerprint density at radius 1 is 1.53 bits per heavy atom. The first kappa shape index (κ1) is 15.3. The second kappa shape index (κ2) is 5.72. The van der Waals surface area contributed by atoms with Crippen LogP contribution >= 0.6 is 27.5 Å². The van der Waals surface area contributed by atoms with Gasteiger partial charge in [0.2, 0.25) is 0 Å². The molecule has 0 N–H and O–H groups in total. The van der Waals surface area contributed by atoms with Crippen molar-refractivity contribution in [1.82, 2.24) is 14.7 Å². The quantitative estimate of drug-likeness (QED) is 0.785. The molecule has 108 valence electrons. The van der Waals surface area contributed by atoms with E-state index in [-0.39, 0.29) is 11.7 Å². The molecule has 0 amide bonds. The van der Waals surface area contributed by atoms with Crippen LogP contribution in [0, 0.1) is 6.92 Å². The Bertz CT molecular complexity index is 461. The molecular formula is C13H21BrClN3O. The van der Waals surface area contributed by atoms with Gasteiger partial charge in [-0.1, -0.05) is 0 Å². The zero-order valence-corrected chi connectivity index (χ0v) is 14.3. The van der Waals surface area contributed by atoms with Gasteiger partial charge in [-0.15, -0.1) is 11.6 Å². The lowest BCUT2D eigenvalue weighted by Gasteiger charge is -2.42. The number of morpholine rings is 1. The standard InChI is InChI=1S/C13H21BrClN3O/c1-9-12(14)11(17(4)16-9)7-18-6-10(5-15)19-13(2,3)8-18/h10H,5-8H2,1-4H3. The van der Waals surface area contributed by atoms with E-state index in [2.05, 4.69) is 39.8 Å². The minimum absolute atomic E-state index is 0.0958. The fourth-order valence-electron chi connectivity index (χ4n) is 2.68. The molecule has 19 heavy (non-hydrogen) atoms. The van der Waals surface area contributed by atoms with Gasteiger partial charge in [0.25, 0.3) is 0 Å². The van der Waals surface area contributed by atoms with Crippen LogP contribution in [0.5, 0.6) is 0 Å². The molecule has 0 bridgehead atoms. The van der Waals surface area contributed by atoms with Crippen LogP contribution in [0.15, 0.2) is 4.47 Å².